The predicted octanol–water partition coefficient (Wildman–Crippen LogP) is 3.09. The molecular weight excluding hydrogens is 274 g/mol. The summed E-state index contributed by atoms with van der Waals surface area (Å²) in [5, 5.41) is 0.873. The van der Waals surface area contributed by atoms with Gasteiger partial charge in [0.05, 0.1) is 15.9 Å². The van der Waals surface area contributed by atoms with Crippen LogP contribution in [0.15, 0.2) is 23.1 Å². The van der Waals surface area contributed by atoms with E-state index in [2.05, 4.69) is 4.98 Å². The maximum Gasteiger partial charge on any atom is 0.267 e. The second-order valence-electron chi connectivity index (χ2n) is 4.81. The smallest absolute Gasteiger partial charge is 0.267 e. The zero-order chi connectivity index (χ0) is 14.9. The van der Waals surface area contributed by atoms with Crippen molar-refractivity contribution in [3.63, 3.8) is 0 Å². The lowest BCUT2D eigenvalue weighted by molar-refractivity contribution is 0.779. The Morgan fingerprint density at radius 2 is 2.20 bits per heavy atom. The van der Waals surface area contributed by atoms with E-state index < -0.39 is 0 Å². The number of allylic oxidation sites excluding steroid dienone is 1. The topological polar surface area (TPSA) is 60.9 Å². The van der Waals surface area contributed by atoms with E-state index in [1.807, 2.05) is 19.9 Å². The van der Waals surface area contributed by atoms with Gasteiger partial charge in [0, 0.05) is 18.3 Å². The molecule has 1 aromatic heterocycles. The lowest BCUT2D eigenvalue weighted by Gasteiger charge is -2.14. The Kier molecular flexibility index (Phi) is 4.14. The van der Waals surface area contributed by atoms with Crippen LogP contribution >= 0.6 is 11.6 Å². The van der Waals surface area contributed by atoms with Gasteiger partial charge in [0.2, 0.25) is 0 Å². The number of nitrogens with two attached hydrogens (primary N) is 1. The van der Waals surface area contributed by atoms with E-state index in [4.69, 9.17) is 17.3 Å². The average Bonchev–Trinajstić information content (AvgIpc) is 2.42. The summed E-state index contributed by atoms with van der Waals surface area (Å²) < 4.78 is 1.55. The van der Waals surface area contributed by atoms with E-state index in [1.165, 1.54) is 6.20 Å². The Morgan fingerprint density at radius 1 is 1.50 bits per heavy atom. The maximum absolute atomic E-state index is 12.7. The molecule has 1 aromatic carbocycles. The first-order valence-electron chi connectivity index (χ1n) is 6.60. The molecule has 4 nitrogen and oxygen atoms in total. The number of hydrogen-bond acceptors (Lipinski definition) is 3. The quantitative estimate of drug-likeness (QED) is 0.945. The molecular formula is C15H18ClN3O. The van der Waals surface area contributed by atoms with Crippen LogP contribution in [0.1, 0.15) is 31.7 Å². The molecule has 2 aromatic rings. The molecule has 0 bridgehead atoms. The van der Waals surface area contributed by atoms with Crippen molar-refractivity contribution in [2.24, 2.45) is 5.73 Å². The highest BCUT2D eigenvalue weighted by Crippen LogP contribution is 2.23. The molecule has 0 aliphatic carbocycles. The highest BCUT2D eigenvalue weighted by molar-refractivity contribution is 6.35. The first kappa shape index (κ1) is 14.6. The van der Waals surface area contributed by atoms with Gasteiger partial charge in [-0.05, 0) is 31.9 Å². The minimum atomic E-state index is -0.161. The van der Waals surface area contributed by atoms with Crippen molar-refractivity contribution in [1.82, 2.24) is 9.55 Å². The van der Waals surface area contributed by atoms with E-state index in [0.29, 0.717) is 28.0 Å². The average molecular weight is 292 g/mol. The number of aryl methyl sites for hydroxylation is 2. The summed E-state index contributed by atoms with van der Waals surface area (Å²) >= 11 is 6.18. The number of aromatic nitrogens is 2. The maximum atomic E-state index is 12.7. The number of nitrogens with zero attached hydrogens (tertiary/aromatic N) is 2. The van der Waals surface area contributed by atoms with Crippen molar-refractivity contribution in [2.75, 3.05) is 0 Å². The number of benzene rings is 1. The van der Waals surface area contributed by atoms with Gasteiger partial charge >= 0.3 is 0 Å². The molecule has 0 amide bonds. The molecule has 0 atom stereocenters. The van der Waals surface area contributed by atoms with Crippen LogP contribution < -0.4 is 11.3 Å². The zero-order valence-corrected chi connectivity index (χ0v) is 12.7. The molecule has 0 unspecified atom stereocenters. The third-order valence-electron chi connectivity index (χ3n) is 3.31. The van der Waals surface area contributed by atoms with E-state index in [9.17, 15) is 4.79 Å². The first-order valence-corrected chi connectivity index (χ1v) is 6.98. The Bertz CT molecular complexity index is 747. The van der Waals surface area contributed by atoms with Crippen LogP contribution in [0.5, 0.6) is 0 Å². The first-order chi connectivity index (χ1) is 9.51. The van der Waals surface area contributed by atoms with E-state index in [1.54, 1.807) is 17.6 Å². The summed E-state index contributed by atoms with van der Waals surface area (Å²) in [6.07, 6.45) is 3.02. The third kappa shape index (κ3) is 2.31. The fourth-order valence-corrected chi connectivity index (χ4v) is 2.49. The normalized spacial score (nSPS) is 12.1. The minimum absolute atomic E-state index is 0.161. The van der Waals surface area contributed by atoms with E-state index in [-0.39, 0.29) is 5.56 Å². The summed E-state index contributed by atoms with van der Waals surface area (Å²) in [5.41, 5.74) is 7.68. The standard InChI is InChI=1S/C15H18ClN3O/c1-4-5-12-18-14-9(2)6-7-11(16)13(14)15(20)19(12)10(3)8-17/h6-8H,4-5,17H2,1-3H3/b10-8+. The van der Waals surface area contributed by atoms with Gasteiger partial charge < -0.3 is 5.73 Å². The Labute approximate surface area is 122 Å². The highest BCUT2D eigenvalue weighted by atomic mass is 35.5. The van der Waals surface area contributed by atoms with Crippen LogP contribution in [0.4, 0.5) is 0 Å². The minimum Gasteiger partial charge on any atom is -0.403 e. The SMILES string of the molecule is CCCc1nc2c(C)ccc(Cl)c2c(=O)n1/C(C)=C/N. The monoisotopic (exact) mass is 291 g/mol. The lowest BCUT2D eigenvalue weighted by atomic mass is 10.1. The number of halogens is 1. The van der Waals surface area contributed by atoms with Crippen molar-refractivity contribution >= 4 is 28.2 Å². The summed E-state index contributed by atoms with van der Waals surface area (Å²) in [7, 11) is 0. The van der Waals surface area contributed by atoms with Crippen LogP contribution in [-0.4, -0.2) is 9.55 Å². The molecule has 0 aliphatic heterocycles. The Balaban J connectivity index is 2.97. The molecule has 106 valence electrons. The van der Waals surface area contributed by atoms with Gasteiger partial charge in [-0.3, -0.25) is 9.36 Å². The van der Waals surface area contributed by atoms with Gasteiger partial charge in [0.25, 0.3) is 5.56 Å². The molecule has 0 saturated carbocycles. The van der Waals surface area contributed by atoms with Crippen LogP contribution in [0, 0.1) is 6.92 Å². The molecule has 0 radical (unpaired) electrons. The molecule has 1 heterocycles. The van der Waals surface area contributed by atoms with Crippen LogP contribution in [-0.2, 0) is 6.42 Å². The van der Waals surface area contributed by atoms with Crippen molar-refractivity contribution in [1.29, 1.82) is 0 Å². The second-order valence-corrected chi connectivity index (χ2v) is 5.22. The second kappa shape index (κ2) is 5.67. The molecule has 2 N–H and O–H groups in total. The van der Waals surface area contributed by atoms with E-state index in [0.717, 1.165) is 17.8 Å². The van der Waals surface area contributed by atoms with Crippen LogP contribution in [0.2, 0.25) is 5.02 Å². The fourth-order valence-electron chi connectivity index (χ4n) is 2.26. The molecule has 0 fully saturated rings. The molecule has 0 saturated heterocycles. The van der Waals surface area contributed by atoms with Crippen molar-refractivity contribution in [2.45, 2.75) is 33.6 Å². The van der Waals surface area contributed by atoms with E-state index >= 15 is 0 Å². The van der Waals surface area contributed by atoms with Gasteiger partial charge in [-0.15, -0.1) is 0 Å². The number of hydrogen-bond donors (Lipinski definition) is 1. The Morgan fingerprint density at radius 3 is 2.80 bits per heavy atom. The Hall–Kier alpha value is -1.81. The van der Waals surface area contributed by atoms with Crippen LogP contribution in [0.3, 0.4) is 0 Å². The molecule has 2 rings (SSSR count). The van der Waals surface area contributed by atoms with Gasteiger partial charge in [-0.25, -0.2) is 4.98 Å². The predicted molar refractivity (Wildman–Crippen MR) is 83.9 cm³/mol. The lowest BCUT2D eigenvalue weighted by Crippen LogP contribution is -2.25. The van der Waals surface area contributed by atoms with Crippen molar-refractivity contribution in [3.8, 4) is 0 Å². The third-order valence-corrected chi connectivity index (χ3v) is 3.63. The van der Waals surface area contributed by atoms with Gasteiger partial charge in [-0.2, -0.15) is 0 Å². The van der Waals surface area contributed by atoms with Crippen LogP contribution in [0.25, 0.3) is 16.6 Å². The molecule has 20 heavy (non-hydrogen) atoms. The molecule has 5 heteroatoms. The summed E-state index contributed by atoms with van der Waals surface area (Å²) in [5.74, 6) is 0.717. The van der Waals surface area contributed by atoms with Crippen molar-refractivity contribution < 1.29 is 0 Å². The van der Waals surface area contributed by atoms with Crippen molar-refractivity contribution in [3.05, 3.63) is 45.1 Å². The van der Waals surface area contributed by atoms with Gasteiger partial charge in [0.1, 0.15) is 5.82 Å². The highest BCUT2D eigenvalue weighted by Gasteiger charge is 2.15. The van der Waals surface area contributed by atoms with Gasteiger partial charge in [0.15, 0.2) is 0 Å². The van der Waals surface area contributed by atoms with Gasteiger partial charge in [-0.1, -0.05) is 24.6 Å². The fraction of sp³-hybridized carbons (Fsp3) is 0.333. The summed E-state index contributed by atoms with van der Waals surface area (Å²) in [4.78, 5) is 17.4. The zero-order valence-electron chi connectivity index (χ0n) is 11.9. The largest absolute Gasteiger partial charge is 0.403 e. The number of fused-ring (bicyclic) bond motifs is 1. The number of rotatable bonds is 3. The molecule has 0 spiro atoms. The summed E-state index contributed by atoms with van der Waals surface area (Å²) in [6, 6.07) is 3.61. The molecule has 0 aliphatic rings. The summed E-state index contributed by atoms with van der Waals surface area (Å²) in [6.45, 7) is 5.77.